The first-order chi connectivity index (χ1) is 27.5. The number of amides is 1. The number of carbonyl (C=O) groups excluding carboxylic acids is 2. The summed E-state index contributed by atoms with van der Waals surface area (Å²) in [5.74, 6) is -1.64. The average molecular weight is 839 g/mol. The van der Waals surface area contributed by atoms with Crippen molar-refractivity contribution in [1.82, 2.24) is 15.1 Å². The Bertz CT molecular complexity index is 2100. The first-order valence-electron chi connectivity index (χ1n) is 18.7. The fraction of sp³-hybridized carbons (Fsp3) is 0.302. The van der Waals surface area contributed by atoms with E-state index in [0.717, 1.165) is 21.5 Å². The van der Waals surface area contributed by atoms with Crippen molar-refractivity contribution in [2.24, 2.45) is 11.8 Å². The first kappa shape index (κ1) is 42.1. The monoisotopic (exact) mass is 838 g/mol. The fourth-order valence-corrected chi connectivity index (χ4v) is 14.7. The van der Waals surface area contributed by atoms with Crippen LogP contribution in [0.1, 0.15) is 18.9 Å². The summed E-state index contributed by atoms with van der Waals surface area (Å²) in [6.45, 7) is 4.71. The number of aromatic nitrogens is 2. The first-order valence-corrected chi connectivity index (χ1v) is 25.7. The number of carbonyl (C=O) groups is 2. The molecule has 0 spiro atoms. The molecule has 0 radical (unpaired) electrons. The average Bonchev–Trinajstić information content (AvgIpc) is 3.75. The minimum Gasteiger partial charge on any atom is -0.497 e. The second-order valence-electron chi connectivity index (χ2n) is 14.7. The molecule has 5 atom stereocenters. The van der Waals surface area contributed by atoms with Crippen LogP contribution in [0.5, 0.6) is 5.75 Å². The lowest BCUT2D eigenvalue weighted by Gasteiger charge is -2.55. The molecule has 1 aliphatic heterocycles. The van der Waals surface area contributed by atoms with Crippen molar-refractivity contribution in [3.05, 3.63) is 126 Å². The molecule has 1 saturated heterocycles. The zero-order chi connectivity index (χ0) is 40.6. The third-order valence-electron chi connectivity index (χ3n) is 9.90. The Morgan fingerprint density at radius 3 is 1.98 bits per heavy atom. The highest BCUT2D eigenvalue weighted by Crippen LogP contribution is 2.51. The molecular formula is C43H47N4O6PS2Si. The number of methoxy groups -OCH3 is 1. The van der Waals surface area contributed by atoms with Gasteiger partial charge in [0.25, 0.3) is 0 Å². The quantitative estimate of drug-likeness (QED) is 0.0366. The SMILES string of the molecule is COc1ccc(COC(=O)C(N2C(=O)[C@H]([C@@H](C)O[Si](C)(C)C)[C@H]2[C@H](CC#N)[C@@H](O)CSc2nncs2)=P(c2ccccc2)(c2ccccc2)c2ccccc2)cc1. The normalized spacial score (nSPS) is 17.1. The summed E-state index contributed by atoms with van der Waals surface area (Å²) in [6.07, 6.45) is -1.70. The van der Waals surface area contributed by atoms with Crippen molar-refractivity contribution >= 4 is 71.5 Å². The Morgan fingerprint density at radius 2 is 1.51 bits per heavy atom. The molecular weight excluding hydrogens is 792 g/mol. The van der Waals surface area contributed by atoms with Crippen LogP contribution in [0.4, 0.5) is 0 Å². The Balaban J connectivity index is 1.64. The molecule has 5 aromatic rings. The van der Waals surface area contributed by atoms with Crippen LogP contribution in [-0.2, 0) is 25.4 Å². The lowest BCUT2D eigenvalue weighted by Crippen LogP contribution is -2.72. The number of hydrogen-bond donors (Lipinski definition) is 1. The van der Waals surface area contributed by atoms with Crippen LogP contribution in [0.15, 0.2) is 125 Å². The van der Waals surface area contributed by atoms with Crippen molar-refractivity contribution < 1.29 is 28.6 Å². The summed E-state index contributed by atoms with van der Waals surface area (Å²) in [6, 6.07) is 38.1. The van der Waals surface area contributed by atoms with Gasteiger partial charge in [-0.1, -0.05) is 126 Å². The molecule has 296 valence electrons. The summed E-state index contributed by atoms with van der Waals surface area (Å²) >= 11 is 2.70. The summed E-state index contributed by atoms with van der Waals surface area (Å²) in [4.78, 5) is 32.3. The van der Waals surface area contributed by atoms with E-state index in [4.69, 9.17) is 13.9 Å². The molecule has 0 bridgehead atoms. The molecule has 2 heterocycles. The van der Waals surface area contributed by atoms with Gasteiger partial charge in [-0.25, -0.2) is 4.79 Å². The number of ether oxygens (including phenoxy) is 2. The van der Waals surface area contributed by atoms with E-state index in [9.17, 15) is 10.4 Å². The van der Waals surface area contributed by atoms with E-state index in [-0.39, 0.29) is 30.1 Å². The summed E-state index contributed by atoms with van der Waals surface area (Å²) < 4.78 is 18.9. The highest BCUT2D eigenvalue weighted by Gasteiger charge is 2.59. The minimum absolute atomic E-state index is 0.0707. The molecule has 4 aromatic carbocycles. The third-order valence-corrected chi connectivity index (χ3v) is 17.2. The van der Waals surface area contributed by atoms with E-state index in [1.807, 2.05) is 110 Å². The molecule has 1 aliphatic rings. The number of likely N-dealkylation sites (tertiary alicyclic amines) is 1. The van der Waals surface area contributed by atoms with Crippen molar-refractivity contribution in [2.75, 3.05) is 12.9 Å². The van der Waals surface area contributed by atoms with E-state index in [1.54, 1.807) is 29.7 Å². The van der Waals surface area contributed by atoms with Crippen molar-refractivity contribution in [3.8, 4) is 11.8 Å². The standard InChI is InChI=1S/C43H47N4O6PS2Si/c1-30(53-57(3,4)5)38-39(36(25-26-44)37(48)28-55-43-46-45-29-56-43)47(40(38)49)41(42(50)52-27-31-21-23-32(51-2)24-22-31)54(33-15-9-6-10-16-33,34-17-11-7-12-18-34)35-19-13-8-14-20-35/h6-24,29-30,36-39,48H,25,27-28H2,1-5H3/t30-,36-,37+,38-,39-/m1/s1. The largest absolute Gasteiger partial charge is 0.497 e. The zero-order valence-electron chi connectivity index (χ0n) is 32.6. The number of aliphatic hydroxyl groups is 1. The van der Waals surface area contributed by atoms with Gasteiger partial charge in [0.15, 0.2) is 12.7 Å². The smallest absolute Gasteiger partial charge is 0.356 e. The van der Waals surface area contributed by atoms with Gasteiger partial charge < -0.3 is 23.9 Å². The Labute approximate surface area is 343 Å². The number of aliphatic hydroxyl groups excluding tert-OH is 1. The molecule has 1 aromatic heterocycles. The molecule has 1 N–H and O–H groups in total. The summed E-state index contributed by atoms with van der Waals surface area (Å²) in [5, 5.41) is 33.0. The van der Waals surface area contributed by atoms with Gasteiger partial charge in [-0.3, -0.25) is 4.79 Å². The van der Waals surface area contributed by atoms with Crippen LogP contribution in [0.25, 0.3) is 0 Å². The van der Waals surface area contributed by atoms with Gasteiger partial charge in [-0.05, 0) is 60.2 Å². The van der Waals surface area contributed by atoms with E-state index >= 15 is 9.59 Å². The number of β-lactam (4-membered cyclic amide) rings is 1. The lowest BCUT2D eigenvalue weighted by atomic mass is 9.73. The lowest BCUT2D eigenvalue weighted by molar-refractivity contribution is -0.163. The van der Waals surface area contributed by atoms with E-state index in [2.05, 4.69) is 35.9 Å². The summed E-state index contributed by atoms with van der Waals surface area (Å²) in [7, 11) is -0.608. The molecule has 6 rings (SSSR count). The molecule has 0 unspecified atom stereocenters. The number of nitriles is 1. The number of rotatable bonds is 17. The number of esters is 1. The van der Waals surface area contributed by atoms with Gasteiger partial charge in [0.2, 0.25) is 5.91 Å². The van der Waals surface area contributed by atoms with Crippen molar-refractivity contribution in [3.63, 3.8) is 0 Å². The molecule has 14 heteroatoms. The molecule has 1 fully saturated rings. The summed E-state index contributed by atoms with van der Waals surface area (Å²) in [5.41, 5.74) is 2.54. The fourth-order valence-electron chi connectivity index (χ4n) is 7.54. The second kappa shape index (κ2) is 18.8. The van der Waals surface area contributed by atoms with Gasteiger partial charge >= 0.3 is 5.97 Å². The molecule has 10 nitrogen and oxygen atoms in total. The zero-order valence-corrected chi connectivity index (χ0v) is 36.1. The van der Waals surface area contributed by atoms with Crippen LogP contribution in [0.2, 0.25) is 19.6 Å². The predicted molar refractivity (Wildman–Crippen MR) is 231 cm³/mol. The minimum atomic E-state index is -3.28. The number of hydrogen-bond acceptors (Lipinski definition) is 11. The third kappa shape index (κ3) is 9.28. The van der Waals surface area contributed by atoms with E-state index in [1.165, 1.54) is 23.1 Å². The van der Waals surface area contributed by atoms with Crippen LogP contribution < -0.4 is 20.7 Å². The maximum atomic E-state index is 15.4. The van der Waals surface area contributed by atoms with Crippen LogP contribution in [-0.4, -0.2) is 76.9 Å². The van der Waals surface area contributed by atoms with Crippen LogP contribution in [0, 0.1) is 23.2 Å². The predicted octanol–water partition coefficient (Wildman–Crippen LogP) is 6.46. The Kier molecular flexibility index (Phi) is 13.9. The second-order valence-corrected chi connectivity index (χ2v) is 24.6. The van der Waals surface area contributed by atoms with Crippen LogP contribution >= 0.6 is 30.0 Å². The van der Waals surface area contributed by atoms with E-state index < -0.39 is 51.3 Å². The van der Waals surface area contributed by atoms with E-state index in [0.29, 0.717) is 10.1 Å². The Hall–Kier alpha value is -4.54. The van der Waals surface area contributed by atoms with Gasteiger partial charge in [0.05, 0.1) is 37.3 Å². The van der Waals surface area contributed by atoms with Gasteiger partial charge in [0, 0.05) is 25.0 Å². The highest BCUT2D eigenvalue weighted by molar-refractivity contribution is 8.01. The number of nitrogens with zero attached hydrogens (tertiary/aromatic N) is 4. The van der Waals surface area contributed by atoms with Crippen molar-refractivity contribution in [1.29, 1.82) is 5.26 Å². The van der Waals surface area contributed by atoms with Gasteiger partial charge in [0.1, 0.15) is 23.3 Å². The number of benzene rings is 4. The Morgan fingerprint density at radius 1 is 0.947 bits per heavy atom. The van der Waals surface area contributed by atoms with Crippen molar-refractivity contribution in [2.45, 2.75) is 62.2 Å². The molecule has 0 aliphatic carbocycles. The topological polar surface area (TPSA) is 135 Å². The van der Waals surface area contributed by atoms with Crippen LogP contribution in [0.3, 0.4) is 0 Å². The number of thioether (sulfide) groups is 1. The molecule has 0 saturated carbocycles. The highest BCUT2D eigenvalue weighted by atomic mass is 32.2. The maximum absolute atomic E-state index is 15.4. The molecule has 57 heavy (non-hydrogen) atoms. The molecule has 1 amide bonds. The van der Waals surface area contributed by atoms with Gasteiger partial charge in [-0.15, -0.1) is 10.2 Å². The van der Waals surface area contributed by atoms with Gasteiger partial charge in [-0.2, -0.15) is 5.26 Å². The maximum Gasteiger partial charge on any atom is 0.356 e.